The minimum Gasteiger partial charge on any atom is -0.312 e. The second-order valence-corrected chi connectivity index (χ2v) is 6.84. The Morgan fingerprint density at radius 3 is 2.53 bits per heavy atom. The van der Waals surface area contributed by atoms with Crippen molar-refractivity contribution in [2.24, 2.45) is 5.41 Å². The molecule has 0 aromatic carbocycles. The SMILES string of the molecule is CCCC(C)N1CC(C(C)(C)C)NCCC1C. The summed E-state index contributed by atoms with van der Waals surface area (Å²) in [5.74, 6) is 0. The van der Waals surface area contributed by atoms with Gasteiger partial charge in [0.2, 0.25) is 0 Å². The monoisotopic (exact) mass is 240 g/mol. The zero-order chi connectivity index (χ0) is 13.1. The molecule has 3 atom stereocenters. The Labute approximate surface area is 108 Å². The van der Waals surface area contributed by atoms with E-state index in [0.717, 1.165) is 12.1 Å². The second-order valence-electron chi connectivity index (χ2n) is 6.84. The van der Waals surface area contributed by atoms with Gasteiger partial charge in [0.1, 0.15) is 0 Å². The van der Waals surface area contributed by atoms with Gasteiger partial charge in [0.05, 0.1) is 0 Å². The topological polar surface area (TPSA) is 15.3 Å². The van der Waals surface area contributed by atoms with Gasteiger partial charge in [-0.2, -0.15) is 0 Å². The van der Waals surface area contributed by atoms with Crippen molar-refractivity contribution in [3.05, 3.63) is 0 Å². The van der Waals surface area contributed by atoms with E-state index < -0.39 is 0 Å². The zero-order valence-corrected chi connectivity index (χ0v) is 12.7. The average molecular weight is 240 g/mol. The highest BCUT2D eigenvalue weighted by Gasteiger charge is 2.32. The maximum absolute atomic E-state index is 3.74. The summed E-state index contributed by atoms with van der Waals surface area (Å²) in [7, 11) is 0. The number of rotatable bonds is 3. The Bertz CT molecular complexity index is 219. The molecule has 0 aromatic heterocycles. The van der Waals surface area contributed by atoms with E-state index in [9.17, 15) is 0 Å². The van der Waals surface area contributed by atoms with Gasteiger partial charge >= 0.3 is 0 Å². The molecule has 102 valence electrons. The molecule has 1 heterocycles. The van der Waals surface area contributed by atoms with Crippen LogP contribution in [0.1, 0.15) is 60.8 Å². The van der Waals surface area contributed by atoms with Crippen molar-refractivity contribution in [3.8, 4) is 0 Å². The van der Waals surface area contributed by atoms with Crippen molar-refractivity contribution in [2.45, 2.75) is 78.9 Å². The highest BCUT2D eigenvalue weighted by Crippen LogP contribution is 2.25. The Morgan fingerprint density at radius 2 is 2.00 bits per heavy atom. The van der Waals surface area contributed by atoms with E-state index in [1.54, 1.807) is 0 Å². The molecule has 1 saturated heterocycles. The zero-order valence-electron chi connectivity index (χ0n) is 12.7. The lowest BCUT2D eigenvalue weighted by Crippen LogP contribution is -2.49. The lowest BCUT2D eigenvalue weighted by atomic mass is 9.86. The van der Waals surface area contributed by atoms with Crippen LogP contribution in [0.2, 0.25) is 0 Å². The summed E-state index contributed by atoms with van der Waals surface area (Å²) in [4.78, 5) is 2.72. The molecule has 0 aliphatic carbocycles. The van der Waals surface area contributed by atoms with Gasteiger partial charge in [-0.1, -0.05) is 34.1 Å². The Hall–Kier alpha value is -0.0800. The maximum Gasteiger partial charge on any atom is 0.0243 e. The van der Waals surface area contributed by atoms with Crippen molar-refractivity contribution < 1.29 is 0 Å². The van der Waals surface area contributed by atoms with Gasteiger partial charge < -0.3 is 5.32 Å². The predicted molar refractivity (Wildman–Crippen MR) is 76.4 cm³/mol. The van der Waals surface area contributed by atoms with Crippen LogP contribution in [0, 0.1) is 5.41 Å². The van der Waals surface area contributed by atoms with E-state index in [0.29, 0.717) is 11.5 Å². The average Bonchev–Trinajstić information content (AvgIpc) is 2.39. The summed E-state index contributed by atoms with van der Waals surface area (Å²) in [6, 6.07) is 2.06. The molecule has 0 amide bonds. The highest BCUT2D eigenvalue weighted by molar-refractivity contribution is 4.89. The van der Waals surface area contributed by atoms with Crippen LogP contribution in [0.3, 0.4) is 0 Å². The fourth-order valence-electron chi connectivity index (χ4n) is 2.87. The second kappa shape index (κ2) is 6.19. The molecule has 2 heteroatoms. The molecule has 1 fully saturated rings. The molecule has 0 bridgehead atoms. The molecular formula is C15H32N2. The molecule has 0 radical (unpaired) electrons. The van der Waals surface area contributed by atoms with Gasteiger partial charge in [-0.05, 0) is 38.6 Å². The standard InChI is InChI=1S/C15H32N2/c1-7-8-12(2)17-11-14(15(4,5)6)16-10-9-13(17)3/h12-14,16H,7-11H2,1-6H3. The summed E-state index contributed by atoms with van der Waals surface area (Å²) in [6.45, 7) is 16.5. The highest BCUT2D eigenvalue weighted by atomic mass is 15.2. The predicted octanol–water partition coefficient (Wildman–Crippen LogP) is 3.27. The molecule has 0 saturated carbocycles. The third-order valence-corrected chi connectivity index (χ3v) is 4.23. The Balaban J connectivity index is 2.71. The minimum absolute atomic E-state index is 0.355. The summed E-state index contributed by atoms with van der Waals surface area (Å²) in [5, 5.41) is 3.74. The molecule has 2 nitrogen and oxygen atoms in total. The molecule has 1 aliphatic heterocycles. The number of hydrogen-bond donors (Lipinski definition) is 1. The first kappa shape index (κ1) is 15.0. The van der Waals surface area contributed by atoms with Crippen LogP contribution in [0.15, 0.2) is 0 Å². The molecule has 0 spiro atoms. The van der Waals surface area contributed by atoms with Gasteiger partial charge in [0.25, 0.3) is 0 Å². The molecule has 17 heavy (non-hydrogen) atoms. The molecule has 3 unspecified atom stereocenters. The first-order valence-corrected chi connectivity index (χ1v) is 7.35. The van der Waals surface area contributed by atoms with Gasteiger partial charge in [-0.3, -0.25) is 4.90 Å². The third kappa shape index (κ3) is 4.26. The molecule has 1 rings (SSSR count). The van der Waals surface area contributed by atoms with Crippen LogP contribution in [0.25, 0.3) is 0 Å². The van der Waals surface area contributed by atoms with Crippen LogP contribution in [0.4, 0.5) is 0 Å². The summed E-state index contributed by atoms with van der Waals surface area (Å²) in [6.07, 6.45) is 3.89. The van der Waals surface area contributed by atoms with Crippen molar-refractivity contribution in [2.75, 3.05) is 13.1 Å². The lowest BCUT2D eigenvalue weighted by Gasteiger charge is -2.38. The van der Waals surface area contributed by atoms with Crippen molar-refractivity contribution in [1.82, 2.24) is 10.2 Å². The van der Waals surface area contributed by atoms with Crippen LogP contribution in [-0.2, 0) is 0 Å². The van der Waals surface area contributed by atoms with Crippen LogP contribution < -0.4 is 5.32 Å². The largest absolute Gasteiger partial charge is 0.312 e. The van der Waals surface area contributed by atoms with Crippen molar-refractivity contribution >= 4 is 0 Å². The minimum atomic E-state index is 0.355. The van der Waals surface area contributed by atoms with E-state index in [4.69, 9.17) is 0 Å². The van der Waals surface area contributed by atoms with Gasteiger partial charge in [0, 0.05) is 24.7 Å². The van der Waals surface area contributed by atoms with Crippen LogP contribution >= 0.6 is 0 Å². The van der Waals surface area contributed by atoms with E-state index in [1.165, 1.54) is 32.4 Å². The first-order valence-electron chi connectivity index (χ1n) is 7.35. The number of nitrogens with one attached hydrogen (secondary N) is 1. The molecule has 1 N–H and O–H groups in total. The van der Waals surface area contributed by atoms with E-state index in [2.05, 4.69) is 51.8 Å². The fraction of sp³-hybridized carbons (Fsp3) is 1.00. The van der Waals surface area contributed by atoms with Gasteiger partial charge in [-0.15, -0.1) is 0 Å². The fourth-order valence-corrected chi connectivity index (χ4v) is 2.87. The lowest BCUT2D eigenvalue weighted by molar-refractivity contribution is 0.118. The summed E-state index contributed by atoms with van der Waals surface area (Å²) in [5.41, 5.74) is 0.355. The maximum atomic E-state index is 3.74. The molecular weight excluding hydrogens is 208 g/mol. The van der Waals surface area contributed by atoms with Gasteiger partial charge in [-0.25, -0.2) is 0 Å². The number of nitrogens with zero attached hydrogens (tertiary/aromatic N) is 1. The normalized spacial score (nSPS) is 30.0. The summed E-state index contributed by atoms with van der Waals surface area (Å²) >= 11 is 0. The molecule has 0 aromatic rings. The summed E-state index contributed by atoms with van der Waals surface area (Å²) < 4.78 is 0. The van der Waals surface area contributed by atoms with Crippen LogP contribution in [-0.4, -0.2) is 36.1 Å². The van der Waals surface area contributed by atoms with Crippen molar-refractivity contribution in [1.29, 1.82) is 0 Å². The van der Waals surface area contributed by atoms with Gasteiger partial charge in [0.15, 0.2) is 0 Å². The first-order chi connectivity index (χ1) is 7.86. The number of hydrogen-bond acceptors (Lipinski definition) is 2. The smallest absolute Gasteiger partial charge is 0.0243 e. The van der Waals surface area contributed by atoms with Crippen molar-refractivity contribution in [3.63, 3.8) is 0 Å². The Kier molecular flexibility index (Phi) is 5.46. The van der Waals surface area contributed by atoms with E-state index in [1.807, 2.05) is 0 Å². The Morgan fingerprint density at radius 1 is 1.35 bits per heavy atom. The van der Waals surface area contributed by atoms with E-state index >= 15 is 0 Å². The quantitative estimate of drug-likeness (QED) is 0.814. The van der Waals surface area contributed by atoms with E-state index in [-0.39, 0.29) is 0 Å². The van der Waals surface area contributed by atoms with Crippen LogP contribution in [0.5, 0.6) is 0 Å². The third-order valence-electron chi connectivity index (χ3n) is 4.23. The molecule has 1 aliphatic rings.